The van der Waals surface area contributed by atoms with E-state index in [2.05, 4.69) is 15.4 Å². The molecule has 1 aromatic carbocycles. The van der Waals surface area contributed by atoms with Crippen molar-refractivity contribution in [2.75, 3.05) is 46.1 Å². The molecule has 280 valence electrons. The summed E-state index contributed by atoms with van der Waals surface area (Å²) in [7, 11) is 0. The minimum Gasteiger partial charge on any atom is -0.420 e. The van der Waals surface area contributed by atoms with Crippen molar-refractivity contribution in [1.82, 2.24) is 15.5 Å². The highest BCUT2D eigenvalue weighted by Crippen LogP contribution is 2.29. The molecule has 0 saturated carbocycles. The van der Waals surface area contributed by atoms with E-state index >= 15 is 0 Å². The van der Waals surface area contributed by atoms with Gasteiger partial charge in [-0.05, 0) is 10.8 Å². The fraction of sp³-hybridized carbons (Fsp3) is 0.629. The van der Waals surface area contributed by atoms with Crippen LogP contribution in [0.4, 0.5) is 17.6 Å². The van der Waals surface area contributed by atoms with Crippen LogP contribution < -0.4 is 15.4 Å². The van der Waals surface area contributed by atoms with E-state index in [1.54, 1.807) is 13.8 Å². The molecule has 0 fully saturated rings. The predicted octanol–water partition coefficient (Wildman–Crippen LogP) is 4.61. The highest BCUT2D eigenvalue weighted by atomic mass is 19.2. The first-order valence-electron chi connectivity index (χ1n) is 16.2. The first kappa shape index (κ1) is 42.3. The third-order valence-corrected chi connectivity index (χ3v) is 7.51. The molecule has 11 nitrogen and oxygen atoms in total. The van der Waals surface area contributed by atoms with Crippen LogP contribution in [0.25, 0.3) is 0 Å². The molecule has 0 spiro atoms. The van der Waals surface area contributed by atoms with Gasteiger partial charge in [0.15, 0.2) is 11.6 Å². The standard InChI is InChI=1S/C35H49F4N3O8/c1-32(2,18-48-20-34(5,6)16-40-24(43)11-12-42-26(45)9-10-27(42)46)14-25(44)41-17-35(7,8)21-49-19-33(3,4)15-28(47)50-31-29(38)22(36)13-23(37)30(31)39/h9-10,13H,11-12,14-21H2,1-8H3,(H,40,43)(H,41,44). The Morgan fingerprint density at radius 2 is 1.08 bits per heavy atom. The molecule has 1 heterocycles. The molecule has 2 rings (SSSR count). The quantitative estimate of drug-likeness (QED) is 0.0656. The molecule has 0 saturated heterocycles. The smallest absolute Gasteiger partial charge is 0.312 e. The molecule has 2 N–H and O–H groups in total. The number of nitrogens with one attached hydrogen (secondary N) is 2. The molecule has 4 amide bonds. The van der Waals surface area contributed by atoms with Crippen molar-refractivity contribution in [3.05, 3.63) is 41.5 Å². The average molecular weight is 716 g/mol. The molecule has 0 bridgehead atoms. The monoisotopic (exact) mass is 715 g/mol. The van der Waals surface area contributed by atoms with Crippen LogP contribution in [0.1, 0.15) is 74.7 Å². The highest BCUT2D eigenvalue weighted by Gasteiger charge is 2.30. The number of amides is 4. The zero-order valence-corrected chi connectivity index (χ0v) is 30.0. The summed E-state index contributed by atoms with van der Waals surface area (Å²) in [5.41, 5.74) is -2.31. The molecule has 0 atom stereocenters. The second-order valence-electron chi connectivity index (χ2n) is 15.7. The molecule has 0 aromatic heterocycles. The number of carbonyl (C=O) groups excluding carboxylic acids is 5. The first-order chi connectivity index (χ1) is 22.9. The van der Waals surface area contributed by atoms with Gasteiger partial charge in [0, 0.05) is 61.5 Å². The maximum atomic E-state index is 13.9. The summed E-state index contributed by atoms with van der Waals surface area (Å²) in [5, 5.41) is 5.71. The maximum absolute atomic E-state index is 13.9. The molecular formula is C35H49F4N3O8. The van der Waals surface area contributed by atoms with Crippen molar-refractivity contribution < 1.29 is 55.7 Å². The van der Waals surface area contributed by atoms with Crippen molar-refractivity contribution in [1.29, 1.82) is 0 Å². The van der Waals surface area contributed by atoms with Gasteiger partial charge in [-0.2, -0.15) is 8.78 Å². The molecule has 50 heavy (non-hydrogen) atoms. The van der Waals surface area contributed by atoms with Crippen molar-refractivity contribution in [2.45, 2.75) is 74.7 Å². The lowest BCUT2D eigenvalue weighted by atomic mass is 9.88. The van der Waals surface area contributed by atoms with Gasteiger partial charge in [-0.3, -0.25) is 28.9 Å². The van der Waals surface area contributed by atoms with Crippen molar-refractivity contribution >= 4 is 29.6 Å². The zero-order valence-electron chi connectivity index (χ0n) is 30.0. The van der Waals surface area contributed by atoms with Crippen LogP contribution in [0.2, 0.25) is 0 Å². The number of benzene rings is 1. The number of hydrogen-bond acceptors (Lipinski definition) is 8. The Labute approximate surface area is 290 Å². The van der Waals surface area contributed by atoms with Crippen LogP contribution in [0.3, 0.4) is 0 Å². The number of carbonyl (C=O) groups is 5. The Bertz CT molecular complexity index is 1420. The largest absolute Gasteiger partial charge is 0.420 e. The zero-order chi connectivity index (χ0) is 38.1. The molecular weight excluding hydrogens is 666 g/mol. The van der Waals surface area contributed by atoms with Gasteiger partial charge in [0.25, 0.3) is 11.8 Å². The van der Waals surface area contributed by atoms with E-state index < -0.39 is 68.5 Å². The summed E-state index contributed by atoms with van der Waals surface area (Å²) in [5.74, 6) is -10.9. The summed E-state index contributed by atoms with van der Waals surface area (Å²) in [6.07, 6.45) is 2.14. The fourth-order valence-electron chi connectivity index (χ4n) is 4.72. The number of halogens is 4. The minimum atomic E-state index is -1.81. The SMILES string of the molecule is CC(C)(CNC(=O)CCN1C(=O)C=CC1=O)COCC(C)(C)CC(=O)NCC(C)(C)COCC(C)(C)CC(=O)Oc1c(F)c(F)cc(F)c1F. The maximum Gasteiger partial charge on any atom is 0.312 e. The molecule has 0 aliphatic carbocycles. The molecule has 1 aliphatic heterocycles. The Hall–Kier alpha value is -3.85. The Kier molecular flexibility index (Phi) is 14.7. The molecule has 1 aromatic rings. The number of ether oxygens (including phenoxy) is 3. The summed E-state index contributed by atoms with van der Waals surface area (Å²) >= 11 is 0. The van der Waals surface area contributed by atoms with Gasteiger partial charge in [-0.1, -0.05) is 55.4 Å². The van der Waals surface area contributed by atoms with Gasteiger partial charge in [0.1, 0.15) is 0 Å². The molecule has 0 radical (unpaired) electrons. The van der Waals surface area contributed by atoms with E-state index in [1.165, 1.54) is 12.2 Å². The van der Waals surface area contributed by atoms with Gasteiger partial charge >= 0.3 is 5.97 Å². The summed E-state index contributed by atoms with van der Waals surface area (Å²) in [6, 6.07) is 0.0183. The molecule has 1 aliphatic rings. The number of nitrogens with zero attached hydrogens (tertiary/aromatic N) is 1. The summed E-state index contributed by atoms with van der Waals surface area (Å²) in [6.45, 7) is 16.0. The van der Waals surface area contributed by atoms with Gasteiger partial charge in [-0.15, -0.1) is 0 Å². The predicted molar refractivity (Wildman–Crippen MR) is 174 cm³/mol. The number of hydrogen-bond donors (Lipinski definition) is 2. The number of imide groups is 1. The van der Waals surface area contributed by atoms with Crippen molar-refractivity contribution in [3.63, 3.8) is 0 Å². The van der Waals surface area contributed by atoms with Crippen LogP contribution in [0.15, 0.2) is 18.2 Å². The van der Waals surface area contributed by atoms with Crippen LogP contribution in [0, 0.1) is 44.9 Å². The number of rotatable bonds is 20. The van der Waals surface area contributed by atoms with Crippen molar-refractivity contribution in [3.8, 4) is 5.75 Å². The van der Waals surface area contributed by atoms with E-state index in [9.17, 15) is 41.5 Å². The number of esters is 1. The molecule has 0 unspecified atom stereocenters. The van der Waals surface area contributed by atoms with Crippen LogP contribution in [0.5, 0.6) is 5.75 Å². The minimum absolute atomic E-state index is 0.00350. The topological polar surface area (TPSA) is 140 Å². The van der Waals surface area contributed by atoms with E-state index in [0.29, 0.717) is 13.2 Å². The Balaban J connectivity index is 1.69. The first-order valence-corrected chi connectivity index (χ1v) is 16.2. The summed E-state index contributed by atoms with van der Waals surface area (Å²) in [4.78, 5) is 61.6. The van der Waals surface area contributed by atoms with Gasteiger partial charge in [0.05, 0.1) is 32.8 Å². The van der Waals surface area contributed by atoms with E-state index in [-0.39, 0.29) is 70.1 Å². The van der Waals surface area contributed by atoms with Gasteiger partial charge < -0.3 is 24.8 Å². The van der Waals surface area contributed by atoms with Crippen LogP contribution >= 0.6 is 0 Å². The molecule has 15 heteroatoms. The Morgan fingerprint density at radius 1 is 0.660 bits per heavy atom. The van der Waals surface area contributed by atoms with Crippen LogP contribution in [-0.2, 0) is 33.4 Å². The van der Waals surface area contributed by atoms with Gasteiger partial charge in [0.2, 0.25) is 29.2 Å². The lowest BCUT2D eigenvalue weighted by Gasteiger charge is -2.30. The summed E-state index contributed by atoms with van der Waals surface area (Å²) < 4.78 is 70.9. The fourth-order valence-corrected chi connectivity index (χ4v) is 4.72. The highest BCUT2D eigenvalue weighted by molar-refractivity contribution is 6.13. The third kappa shape index (κ3) is 14.2. The third-order valence-electron chi connectivity index (χ3n) is 7.51. The van der Waals surface area contributed by atoms with E-state index in [0.717, 1.165) is 4.90 Å². The second-order valence-corrected chi connectivity index (χ2v) is 15.7. The second kappa shape index (κ2) is 17.4. The Morgan fingerprint density at radius 3 is 1.56 bits per heavy atom. The van der Waals surface area contributed by atoms with E-state index in [4.69, 9.17) is 9.47 Å². The average Bonchev–Trinajstić information content (AvgIpc) is 3.30. The normalized spacial score (nSPS) is 14.0. The van der Waals surface area contributed by atoms with E-state index in [1.807, 2.05) is 41.5 Å². The van der Waals surface area contributed by atoms with Crippen LogP contribution in [-0.4, -0.2) is 80.6 Å². The lowest BCUT2D eigenvalue weighted by molar-refractivity contribution is -0.139. The van der Waals surface area contributed by atoms with Gasteiger partial charge in [-0.25, -0.2) is 8.78 Å². The lowest BCUT2D eigenvalue weighted by Crippen LogP contribution is -2.41. The van der Waals surface area contributed by atoms with Crippen molar-refractivity contribution in [2.24, 2.45) is 21.7 Å².